The van der Waals surface area contributed by atoms with Gasteiger partial charge in [-0.15, -0.1) is 11.3 Å². The fourth-order valence-corrected chi connectivity index (χ4v) is 4.05. The molecule has 0 spiro atoms. The van der Waals surface area contributed by atoms with Crippen molar-refractivity contribution in [3.63, 3.8) is 0 Å². The van der Waals surface area contributed by atoms with E-state index in [0.717, 1.165) is 29.1 Å². The summed E-state index contributed by atoms with van der Waals surface area (Å²) in [6.07, 6.45) is 1.82. The number of hydrogen-bond donors (Lipinski definition) is 1. The molecule has 1 atom stereocenters. The van der Waals surface area contributed by atoms with Crippen LogP contribution in [-0.4, -0.2) is 31.2 Å². The van der Waals surface area contributed by atoms with Gasteiger partial charge < -0.3 is 14.8 Å². The van der Waals surface area contributed by atoms with Crippen LogP contribution < -0.4 is 14.8 Å². The van der Waals surface area contributed by atoms with Crippen LogP contribution in [0, 0.1) is 6.92 Å². The van der Waals surface area contributed by atoms with E-state index in [9.17, 15) is 4.79 Å². The van der Waals surface area contributed by atoms with Crippen molar-refractivity contribution in [1.29, 1.82) is 0 Å². The normalized spacial score (nSPS) is 11.7. The van der Waals surface area contributed by atoms with Crippen LogP contribution >= 0.6 is 11.3 Å². The smallest absolute Gasteiger partial charge is 0.263 e. The number of carbonyl (C=O) groups excluding carboxylic acids is 1. The summed E-state index contributed by atoms with van der Waals surface area (Å²) in [7, 11) is 3.21. The van der Waals surface area contributed by atoms with Gasteiger partial charge in [-0.3, -0.25) is 4.79 Å². The Morgan fingerprint density at radius 1 is 1.10 bits per heavy atom. The number of aryl methyl sites for hydroxylation is 2. The first-order valence-electron chi connectivity index (χ1n) is 9.56. The third-order valence-corrected chi connectivity index (χ3v) is 5.92. The van der Waals surface area contributed by atoms with Crippen LogP contribution in [-0.2, 0) is 6.42 Å². The number of nitrogens with zero attached hydrogens (tertiary/aromatic N) is 1. The number of amides is 1. The molecule has 0 aliphatic heterocycles. The van der Waals surface area contributed by atoms with Crippen LogP contribution in [0.4, 0.5) is 0 Å². The molecule has 1 unspecified atom stereocenters. The second kappa shape index (κ2) is 9.56. The van der Waals surface area contributed by atoms with E-state index >= 15 is 0 Å². The van der Waals surface area contributed by atoms with Gasteiger partial charge in [-0.1, -0.05) is 30.3 Å². The minimum atomic E-state index is -0.0766. The van der Waals surface area contributed by atoms with Crippen LogP contribution in [0.15, 0.2) is 48.5 Å². The molecular formula is C23H26N2O3S. The highest BCUT2D eigenvalue weighted by Crippen LogP contribution is 2.35. The quantitative estimate of drug-likeness (QED) is 0.575. The summed E-state index contributed by atoms with van der Waals surface area (Å²) in [6, 6.07) is 16.0. The molecule has 1 N–H and O–H groups in total. The molecular weight excluding hydrogens is 384 g/mol. The number of aromatic nitrogens is 1. The first-order valence-corrected chi connectivity index (χ1v) is 10.4. The predicted octanol–water partition coefficient (Wildman–Crippen LogP) is 4.89. The van der Waals surface area contributed by atoms with E-state index < -0.39 is 0 Å². The SMILES string of the molecule is COc1ccc(-c2nc(C)c(C(=O)NC(C)CCc3ccccc3)s2)cc1OC. The van der Waals surface area contributed by atoms with Crippen molar-refractivity contribution in [2.75, 3.05) is 14.2 Å². The molecule has 0 saturated carbocycles. The topological polar surface area (TPSA) is 60.5 Å². The summed E-state index contributed by atoms with van der Waals surface area (Å²) in [5.41, 5.74) is 2.90. The monoisotopic (exact) mass is 410 g/mol. The van der Waals surface area contributed by atoms with E-state index in [1.165, 1.54) is 16.9 Å². The lowest BCUT2D eigenvalue weighted by atomic mass is 10.1. The number of methoxy groups -OCH3 is 2. The lowest BCUT2D eigenvalue weighted by Crippen LogP contribution is -2.32. The van der Waals surface area contributed by atoms with Crippen LogP contribution in [0.2, 0.25) is 0 Å². The number of nitrogens with one attached hydrogen (secondary N) is 1. The summed E-state index contributed by atoms with van der Waals surface area (Å²) in [5.74, 6) is 1.22. The molecule has 1 aromatic heterocycles. The number of thiazole rings is 1. The molecule has 6 heteroatoms. The summed E-state index contributed by atoms with van der Waals surface area (Å²) < 4.78 is 10.7. The largest absolute Gasteiger partial charge is 0.493 e. The second-order valence-electron chi connectivity index (χ2n) is 6.90. The molecule has 2 aromatic carbocycles. The molecule has 3 rings (SSSR count). The van der Waals surface area contributed by atoms with Crippen molar-refractivity contribution in [3.8, 4) is 22.1 Å². The Kier molecular flexibility index (Phi) is 6.88. The molecule has 0 fully saturated rings. The zero-order chi connectivity index (χ0) is 20.8. The minimum Gasteiger partial charge on any atom is -0.493 e. The zero-order valence-electron chi connectivity index (χ0n) is 17.2. The van der Waals surface area contributed by atoms with Gasteiger partial charge in [0.25, 0.3) is 5.91 Å². The molecule has 1 heterocycles. The van der Waals surface area contributed by atoms with Crippen LogP contribution in [0.5, 0.6) is 11.5 Å². The Morgan fingerprint density at radius 2 is 1.83 bits per heavy atom. The maximum absolute atomic E-state index is 12.8. The average molecular weight is 411 g/mol. The van der Waals surface area contributed by atoms with Crippen LogP contribution in [0.1, 0.15) is 34.3 Å². The standard InChI is InChI=1S/C23H26N2O3S/c1-15(10-11-17-8-6-5-7-9-17)24-22(26)21-16(2)25-23(29-21)18-12-13-19(27-3)20(14-18)28-4/h5-9,12-15H,10-11H2,1-4H3,(H,24,26). The summed E-state index contributed by atoms with van der Waals surface area (Å²) in [5, 5.41) is 3.88. The van der Waals surface area contributed by atoms with E-state index in [-0.39, 0.29) is 11.9 Å². The molecule has 5 nitrogen and oxygen atoms in total. The van der Waals surface area contributed by atoms with Gasteiger partial charge in [-0.05, 0) is 50.5 Å². The van der Waals surface area contributed by atoms with Gasteiger partial charge in [0.1, 0.15) is 9.88 Å². The third kappa shape index (κ3) is 5.15. The lowest BCUT2D eigenvalue weighted by Gasteiger charge is -2.13. The van der Waals surface area contributed by atoms with Crippen molar-refractivity contribution in [1.82, 2.24) is 10.3 Å². The molecule has 3 aromatic rings. The molecule has 152 valence electrons. The highest BCUT2D eigenvalue weighted by atomic mass is 32.1. The Balaban J connectivity index is 1.68. The van der Waals surface area contributed by atoms with Crippen molar-refractivity contribution in [2.24, 2.45) is 0 Å². The highest BCUT2D eigenvalue weighted by Gasteiger charge is 2.18. The maximum Gasteiger partial charge on any atom is 0.263 e. The number of carbonyl (C=O) groups is 1. The molecule has 0 saturated heterocycles. The van der Waals surface area contributed by atoms with Gasteiger partial charge in [0.2, 0.25) is 0 Å². The lowest BCUT2D eigenvalue weighted by molar-refractivity contribution is 0.0941. The predicted molar refractivity (Wildman–Crippen MR) is 117 cm³/mol. The number of ether oxygens (including phenoxy) is 2. The van der Waals surface area contributed by atoms with Crippen molar-refractivity contribution >= 4 is 17.2 Å². The van der Waals surface area contributed by atoms with E-state index in [0.29, 0.717) is 16.4 Å². The Morgan fingerprint density at radius 3 is 2.52 bits per heavy atom. The van der Waals surface area contributed by atoms with Crippen LogP contribution in [0.3, 0.4) is 0 Å². The van der Waals surface area contributed by atoms with Crippen molar-refractivity contribution < 1.29 is 14.3 Å². The van der Waals surface area contributed by atoms with Gasteiger partial charge in [0.15, 0.2) is 11.5 Å². The first kappa shape index (κ1) is 20.9. The molecule has 0 aliphatic rings. The molecule has 0 aliphatic carbocycles. The van der Waals surface area contributed by atoms with E-state index in [1.807, 2.05) is 50.2 Å². The Bertz CT molecular complexity index is 970. The second-order valence-corrected chi connectivity index (χ2v) is 7.90. The summed E-state index contributed by atoms with van der Waals surface area (Å²) in [6.45, 7) is 3.90. The van der Waals surface area contributed by atoms with Gasteiger partial charge >= 0.3 is 0 Å². The highest BCUT2D eigenvalue weighted by molar-refractivity contribution is 7.17. The van der Waals surface area contributed by atoms with E-state index in [1.54, 1.807) is 14.2 Å². The summed E-state index contributed by atoms with van der Waals surface area (Å²) >= 11 is 1.39. The molecule has 29 heavy (non-hydrogen) atoms. The van der Waals surface area contributed by atoms with Crippen molar-refractivity contribution in [2.45, 2.75) is 32.7 Å². The molecule has 1 amide bonds. The Labute approximate surface area is 175 Å². The average Bonchev–Trinajstić information content (AvgIpc) is 3.14. The number of rotatable bonds is 8. The minimum absolute atomic E-state index is 0.0766. The first-order chi connectivity index (χ1) is 14.0. The van der Waals surface area contributed by atoms with Gasteiger partial charge in [0.05, 0.1) is 19.9 Å². The molecule has 0 bridgehead atoms. The fourth-order valence-electron chi connectivity index (χ4n) is 3.09. The third-order valence-electron chi connectivity index (χ3n) is 4.72. The van der Waals surface area contributed by atoms with E-state index in [2.05, 4.69) is 22.4 Å². The van der Waals surface area contributed by atoms with Crippen LogP contribution in [0.25, 0.3) is 10.6 Å². The summed E-state index contributed by atoms with van der Waals surface area (Å²) in [4.78, 5) is 18.0. The van der Waals surface area contributed by atoms with Crippen molar-refractivity contribution in [3.05, 3.63) is 64.7 Å². The van der Waals surface area contributed by atoms with Gasteiger partial charge in [0, 0.05) is 11.6 Å². The molecule has 0 radical (unpaired) electrons. The maximum atomic E-state index is 12.8. The fraction of sp³-hybridized carbons (Fsp3) is 0.304. The van der Waals surface area contributed by atoms with E-state index in [4.69, 9.17) is 9.47 Å². The number of hydrogen-bond acceptors (Lipinski definition) is 5. The van der Waals surface area contributed by atoms with Gasteiger partial charge in [-0.25, -0.2) is 4.98 Å². The Hall–Kier alpha value is -2.86. The number of benzene rings is 2. The zero-order valence-corrected chi connectivity index (χ0v) is 18.0. The van der Waals surface area contributed by atoms with Gasteiger partial charge in [-0.2, -0.15) is 0 Å².